The second-order valence-corrected chi connectivity index (χ2v) is 7.75. The van der Waals surface area contributed by atoms with Crippen LogP contribution in [0, 0.1) is 5.82 Å². The zero-order valence-corrected chi connectivity index (χ0v) is 16.9. The van der Waals surface area contributed by atoms with Crippen LogP contribution in [0.1, 0.15) is 17.5 Å². The minimum atomic E-state index is -4.63. The number of nitrogens with one attached hydrogen (secondary N) is 2. The lowest BCUT2D eigenvalue weighted by molar-refractivity contribution is -0.149. The Labute approximate surface area is 183 Å². The maximum atomic E-state index is 13.4. The fraction of sp³-hybridized carbons (Fsp3) is 0.250. The van der Waals surface area contributed by atoms with Gasteiger partial charge in [-0.25, -0.2) is 9.37 Å². The Kier molecular flexibility index (Phi) is 5.33. The van der Waals surface area contributed by atoms with Gasteiger partial charge in [-0.05, 0) is 29.8 Å². The number of benzene rings is 1. The smallest absolute Gasteiger partial charge is 0.372 e. The zero-order chi connectivity index (χ0) is 23.3. The van der Waals surface area contributed by atoms with Crippen molar-refractivity contribution in [3.05, 3.63) is 58.6 Å². The summed E-state index contributed by atoms with van der Waals surface area (Å²) < 4.78 is 53.0. The van der Waals surface area contributed by atoms with Crippen LogP contribution in [0.15, 0.2) is 36.7 Å². The summed E-state index contributed by atoms with van der Waals surface area (Å²) in [6.07, 6.45) is -2.97. The molecule has 4 rings (SSSR count). The summed E-state index contributed by atoms with van der Waals surface area (Å²) in [5, 5.41) is 12.9. The van der Waals surface area contributed by atoms with E-state index in [9.17, 15) is 32.3 Å². The first kappa shape index (κ1) is 22.0. The fourth-order valence-electron chi connectivity index (χ4n) is 3.58. The number of aliphatic hydroxyl groups is 1. The number of H-pyrrole nitrogens is 1. The highest BCUT2D eigenvalue weighted by Gasteiger charge is 2.51. The maximum Gasteiger partial charge on any atom is 0.418 e. The van der Waals surface area contributed by atoms with E-state index in [1.807, 2.05) is 0 Å². The highest BCUT2D eigenvalue weighted by atomic mass is 35.5. The molecule has 0 aliphatic carbocycles. The largest absolute Gasteiger partial charge is 0.418 e. The molecule has 0 spiro atoms. The summed E-state index contributed by atoms with van der Waals surface area (Å²) in [7, 11) is 0. The van der Waals surface area contributed by atoms with Gasteiger partial charge in [-0.1, -0.05) is 11.6 Å². The number of alkyl halides is 3. The summed E-state index contributed by atoms with van der Waals surface area (Å²) in [5.74, 6) is -2.64. The average Bonchev–Trinajstić information content (AvgIpc) is 3.27. The molecule has 2 aromatic heterocycles. The molecule has 2 amide bonds. The molecule has 7 nitrogen and oxygen atoms in total. The lowest BCUT2D eigenvalue weighted by Gasteiger charge is -2.22. The Bertz CT molecular complexity index is 1210. The molecular formula is C20H15ClF4N4O3. The number of carbonyl (C=O) groups excluding carboxylic acids is 2. The van der Waals surface area contributed by atoms with Crippen LogP contribution < -0.4 is 10.2 Å². The number of nitrogens with zero attached hydrogens (tertiary/aromatic N) is 2. The van der Waals surface area contributed by atoms with Crippen LogP contribution in [-0.4, -0.2) is 39.0 Å². The van der Waals surface area contributed by atoms with Gasteiger partial charge in [0.2, 0.25) is 5.60 Å². The molecule has 0 bridgehead atoms. The minimum Gasteiger partial charge on any atom is -0.372 e. The first-order chi connectivity index (χ1) is 15.0. The van der Waals surface area contributed by atoms with Crippen LogP contribution >= 0.6 is 11.6 Å². The van der Waals surface area contributed by atoms with Gasteiger partial charge in [-0.2, -0.15) is 13.2 Å². The zero-order valence-electron chi connectivity index (χ0n) is 16.1. The monoisotopic (exact) mass is 470 g/mol. The lowest BCUT2D eigenvalue weighted by Crippen LogP contribution is -2.52. The van der Waals surface area contributed by atoms with Crippen LogP contribution in [0.3, 0.4) is 0 Å². The van der Waals surface area contributed by atoms with Crippen molar-refractivity contribution in [2.75, 3.05) is 11.4 Å². The predicted octanol–water partition coefficient (Wildman–Crippen LogP) is 3.16. The molecule has 1 aliphatic heterocycles. The van der Waals surface area contributed by atoms with E-state index in [-0.39, 0.29) is 41.3 Å². The van der Waals surface area contributed by atoms with Gasteiger partial charge in [0.05, 0.1) is 17.4 Å². The van der Waals surface area contributed by atoms with Crippen molar-refractivity contribution < 1.29 is 32.3 Å². The van der Waals surface area contributed by atoms with Crippen LogP contribution in [0.4, 0.5) is 23.2 Å². The van der Waals surface area contributed by atoms with Gasteiger partial charge in [-0.15, -0.1) is 0 Å². The number of hydrogen-bond donors (Lipinski definition) is 3. The van der Waals surface area contributed by atoms with Crippen molar-refractivity contribution in [3.63, 3.8) is 0 Å². The molecule has 0 unspecified atom stereocenters. The molecule has 168 valence electrons. The normalized spacial score (nSPS) is 19.1. The maximum absolute atomic E-state index is 13.4. The van der Waals surface area contributed by atoms with E-state index >= 15 is 0 Å². The number of hydrogen-bond acceptors (Lipinski definition) is 4. The molecule has 0 radical (unpaired) electrons. The number of halogens is 5. The van der Waals surface area contributed by atoms with E-state index in [0.717, 1.165) is 29.3 Å². The summed E-state index contributed by atoms with van der Waals surface area (Å²) in [4.78, 5) is 32.7. The van der Waals surface area contributed by atoms with Crippen LogP contribution in [0.5, 0.6) is 0 Å². The number of rotatable bonds is 4. The highest BCUT2D eigenvalue weighted by molar-refractivity contribution is 6.30. The molecule has 1 fully saturated rings. The van der Waals surface area contributed by atoms with Gasteiger partial charge < -0.3 is 20.3 Å². The van der Waals surface area contributed by atoms with Crippen molar-refractivity contribution in [2.45, 2.75) is 24.7 Å². The Morgan fingerprint density at radius 2 is 2.06 bits per heavy atom. The minimum absolute atomic E-state index is 0.00763. The van der Waals surface area contributed by atoms with E-state index in [1.165, 1.54) is 12.3 Å². The van der Waals surface area contributed by atoms with Crippen LogP contribution in [-0.2, 0) is 22.3 Å². The number of pyridine rings is 1. The third kappa shape index (κ3) is 3.89. The number of carbonyl (C=O) groups is 2. The molecule has 1 aliphatic rings. The molecule has 3 N–H and O–H groups in total. The Morgan fingerprint density at radius 3 is 2.75 bits per heavy atom. The summed E-state index contributed by atoms with van der Waals surface area (Å²) >= 11 is 5.76. The van der Waals surface area contributed by atoms with Crippen molar-refractivity contribution in [1.82, 2.24) is 15.3 Å². The van der Waals surface area contributed by atoms with Crippen LogP contribution in [0.2, 0.25) is 5.02 Å². The summed E-state index contributed by atoms with van der Waals surface area (Å²) in [6, 6.07) is 4.75. The van der Waals surface area contributed by atoms with Gasteiger partial charge >= 0.3 is 6.18 Å². The van der Waals surface area contributed by atoms with Crippen molar-refractivity contribution in [3.8, 4) is 0 Å². The van der Waals surface area contributed by atoms with Gasteiger partial charge in [0, 0.05) is 36.1 Å². The van der Waals surface area contributed by atoms with Gasteiger partial charge in [-0.3, -0.25) is 9.59 Å². The SMILES string of the molecule is O=C(NCc1cc(F)cc(Cl)c1)[C@]1(O)CCN(c2cnc3[nH]cc(C(F)(F)F)c3c2)C1=O. The van der Waals surface area contributed by atoms with E-state index in [1.54, 1.807) is 0 Å². The lowest BCUT2D eigenvalue weighted by atomic mass is 10.0. The molecule has 1 saturated heterocycles. The number of fused-ring (bicyclic) bond motifs is 1. The number of anilines is 1. The van der Waals surface area contributed by atoms with E-state index in [0.29, 0.717) is 5.56 Å². The molecular weight excluding hydrogens is 456 g/mol. The number of aromatic nitrogens is 2. The van der Waals surface area contributed by atoms with Crippen molar-refractivity contribution in [2.24, 2.45) is 0 Å². The first-order valence-electron chi connectivity index (χ1n) is 9.31. The van der Waals surface area contributed by atoms with Gasteiger partial charge in [0.15, 0.2) is 0 Å². The Balaban J connectivity index is 1.54. The van der Waals surface area contributed by atoms with E-state index in [4.69, 9.17) is 11.6 Å². The van der Waals surface area contributed by atoms with Crippen molar-refractivity contribution >= 4 is 40.1 Å². The molecule has 0 saturated carbocycles. The van der Waals surface area contributed by atoms with Gasteiger partial charge in [0.1, 0.15) is 11.5 Å². The Morgan fingerprint density at radius 1 is 1.31 bits per heavy atom. The third-order valence-electron chi connectivity index (χ3n) is 5.18. The first-order valence-corrected chi connectivity index (χ1v) is 9.69. The summed E-state index contributed by atoms with van der Waals surface area (Å²) in [5.41, 5.74) is -3.08. The molecule has 1 atom stereocenters. The predicted molar refractivity (Wildman–Crippen MR) is 106 cm³/mol. The second-order valence-electron chi connectivity index (χ2n) is 7.32. The standard InChI is InChI=1S/C20H15ClF4N4O3/c21-11-3-10(4-12(22)5-11)7-28-17(30)19(32)1-2-29(18(19)31)13-6-14-15(20(23,24)25)9-27-16(14)26-8-13/h3-6,8-9,32H,1-2,7H2,(H,26,27)(H,28,30)/t19-/m1/s1. The van der Waals surface area contributed by atoms with Crippen molar-refractivity contribution in [1.29, 1.82) is 0 Å². The molecule has 32 heavy (non-hydrogen) atoms. The van der Waals surface area contributed by atoms with Gasteiger partial charge in [0.25, 0.3) is 11.8 Å². The second kappa shape index (κ2) is 7.75. The quantitative estimate of drug-likeness (QED) is 0.403. The van der Waals surface area contributed by atoms with Crippen LogP contribution in [0.25, 0.3) is 11.0 Å². The molecule has 3 heterocycles. The number of amides is 2. The Hall–Kier alpha value is -3.18. The van der Waals surface area contributed by atoms with E-state index in [2.05, 4.69) is 15.3 Å². The van der Waals surface area contributed by atoms with E-state index < -0.39 is 35.0 Å². The molecule has 12 heteroatoms. The third-order valence-corrected chi connectivity index (χ3v) is 5.40. The molecule has 3 aromatic rings. The molecule has 1 aromatic carbocycles. The highest BCUT2D eigenvalue weighted by Crippen LogP contribution is 2.37. The topological polar surface area (TPSA) is 98.3 Å². The summed E-state index contributed by atoms with van der Waals surface area (Å²) in [6.45, 7) is -0.314. The fourth-order valence-corrected chi connectivity index (χ4v) is 3.82. The number of aromatic amines is 1. The average molecular weight is 471 g/mol.